The van der Waals surface area contributed by atoms with E-state index in [0.717, 1.165) is 39.0 Å². The lowest BCUT2D eigenvalue weighted by atomic mass is 9.66. The molecule has 3 heteroatoms. The first-order valence-corrected chi connectivity index (χ1v) is 20.0. The Balaban J connectivity index is 1.06. The van der Waals surface area contributed by atoms with Crippen molar-refractivity contribution >= 4 is 61.5 Å². The van der Waals surface area contributed by atoms with E-state index in [-0.39, 0.29) is 0 Å². The zero-order valence-electron chi connectivity index (χ0n) is 30.3. The number of fused-ring (bicyclic) bond motifs is 13. The van der Waals surface area contributed by atoms with E-state index < -0.39 is 5.41 Å². The van der Waals surface area contributed by atoms with Crippen molar-refractivity contribution < 1.29 is 4.42 Å². The van der Waals surface area contributed by atoms with Crippen LogP contribution >= 0.6 is 11.8 Å². The average Bonchev–Trinajstić information content (AvgIpc) is 3.79. The molecule has 10 aromatic rings. The Kier molecular flexibility index (Phi) is 6.81. The number of furan rings is 1. The Bertz CT molecular complexity index is 3130. The number of benzene rings is 9. The fourth-order valence-corrected chi connectivity index (χ4v) is 10.9. The maximum atomic E-state index is 6.57. The van der Waals surface area contributed by atoms with Crippen LogP contribution in [0.5, 0.6) is 0 Å². The van der Waals surface area contributed by atoms with Gasteiger partial charge in [0.1, 0.15) is 5.58 Å². The van der Waals surface area contributed by atoms with Gasteiger partial charge in [0, 0.05) is 31.9 Å². The first-order chi connectivity index (χ1) is 27.8. The summed E-state index contributed by atoms with van der Waals surface area (Å²) in [5.74, 6) is 0. The summed E-state index contributed by atoms with van der Waals surface area (Å²) in [5, 5.41) is 4.77. The zero-order valence-corrected chi connectivity index (χ0v) is 31.1. The van der Waals surface area contributed by atoms with Crippen molar-refractivity contribution in [1.29, 1.82) is 0 Å². The Morgan fingerprint density at radius 3 is 1.80 bits per heavy atom. The maximum Gasteiger partial charge on any atom is 0.159 e. The highest BCUT2D eigenvalue weighted by Gasteiger charge is 2.50. The molecular weight excluding hydrogens is 699 g/mol. The van der Waals surface area contributed by atoms with Gasteiger partial charge in [0.25, 0.3) is 0 Å². The summed E-state index contributed by atoms with van der Waals surface area (Å²) in [4.78, 5) is 4.93. The van der Waals surface area contributed by atoms with Crippen molar-refractivity contribution in [3.63, 3.8) is 0 Å². The smallest absolute Gasteiger partial charge is 0.159 e. The molecule has 12 rings (SSSR count). The van der Waals surface area contributed by atoms with Gasteiger partial charge in [0.15, 0.2) is 5.58 Å². The molecule has 262 valence electrons. The molecule has 0 fully saturated rings. The van der Waals surface area contributed by atoms with Crippen LogP contribution in [0.15, 0.2) is 214 Å². The third kappa shape index (κ3) is 4.40. The summed E-state index contributed by atoms with van der Waals surface area (Å²) in [5.41, 5.74) is 14.9. The number of hydrogen-bond donors (Lipinski definition) is 0. The fourth-order valence-electron chi connectivity index (χ4n) is 9.54. The summed E-state index contributed by atoms with van der Waals surface area (Å²) in [7, 11) is 0. The van der Waals surface area contributed by atoms with Gasteiger partial charge in [-0.25, -0.2) is 0 Å². The van der Waals surface area contributed by atoms with Crippen LogP contribution < -0.4 is 4.90 Å². The molecule has 0 bridgehead atoms. The van der Waals surface area contributed by atoms with Gasteiger partial charge >= 0.3 is 0 Å². The van der Waals surface area contributed by atoms with E-state index in [1.807, 2.05) is 23.9 Å². The number of para-hydroxylation sites is 3. The molecule has 1 aromatic heterocycles. The van der Waals surface area contributed by atoms with Crippen molar-refractivity contribution in [1.82, 2.24) is 0 Å². The standard InChI is InChI=1S/C53H33NOS/c1-2-16-37(17-3-1)54(48-26-13-22-43-42-20-8-11-27-49(42)55-51(43)48)38-30-28-34(29-31-38)39-21-12-25-46-52(39)56-50-33-36-15-5-4-14-35(36)32-47(50)53(46)44-23-9-6-18-40(44)41-19-7-10-24-45(41)53/h1-33H. The largest absolute Gasteiger partial charge is 0.454 e. The van der Waals surface area contributed by atoms with Crippen molar-refractivity contribution in [2.75, 3.05) is 4.90 Å². The van der Waals surface area contributed by atoms with E-state index in [0.29, 0.717) is 0 Å². The highest BCUT2D eigenvalue weighted by atomic mass is 32.2. The quantitative estimate of drug-likeness (QED) is 0.179. The molecule has 0 atom stereocenters. The molecule has 0 radical (unpaired) electrons. The molecule has 0 saturated heterocycles. The number of nitrogens with zero attached hydrogens (tertiary/aromatic N) is 1. The van der Waals surface area contributed by atoms with Gasteiger partial charge in [-0.3, -0.25) is 0 Å². The van der Waals surface area contributed by atoms with Crippen LogP contribution in [0.1, 0.15) is 22.3 Å². The summed E-state index contributed by atoms with van der Waals surface area (Å²) in [6.07, 6.45) is 0. The van der Waals surface area contributed by atoms with Crippen LogP contribution in [0.4, 0.5) is 17.1 Å². The van der Waals surface area contributed by atoms with Crippen molar-refractivity contribution in [3.05, 3.63) is 222 Å². The Morgan fingerprint density at radius 2 is 1.02 bits per heavy atom. The molecule has 0 unspecified atom stereocenters. The maximum absolute atomic E-state index is 6.57. The summed E-state index contributed by atoms with van der Waals surface area (Å²) in [6.45, 7) is 0. The molecular formula is C53H33NOS. The lowest BCUT2D eigenvalue weighted by Gasteiger charge is -2.40. The van der Waals surface area contributed by atoms with E-state index >= 15 is 0 Å². The molecule has 2 nitrogen and oxygen atoms in total. The molecule has 0 saturated carbocycles. The van der Waals surface area contributed by atoms with E-state index in [1.165, 1.54) is 65.1 Å². The summed E-state index contributed by atoms with van der Waals surface area (Å²) in [6, 6.07) is 73.1. The first-order valence-electron chi connectivity index (χ1n) is 19.2. The topological polar surface area (TPSA) is 16.4 Å². The van der Waals surface area contributed by atoms with Gasteiger partial charge in [0.05, 0.1) is 11.1 Å². The van der Waals surface area contributed by atoms with Crippen LogP contribution in [-0.2, 0) is 5.41 Å². The SMILES string of the molecule is c1ccc(N(c2ccc(-c3cccc4c3Sc3cc5ccccc5cc3C43c4ccccc4-c4ccccc43)cc2)c2cccc3c2oc2ccccc23)cc1. The minimum absolute atomic E-state index is 0.446. The third-order valence-corrected chi connectivity index (χ3v) is 13.1. The molecule has 2 heterocycles. The lowest BCUT2D eigenvalue weighted by molar-refractivity contribution is 0.669. The van der Waals surface area contributed by atoms with Crippen LogP contribution in [0.2, 0.25) is 0 Å². The number of anilines is 3. The minimum atomic E-state index is -0.446. The van der Waals surface area contributed by atoms with Gasteiger partial charge in [-0.15, -0.1) is 0 Å². The molecule has 1 aliphatic carbocycles. The average molecular weight is 732 g/mol. The van der Waals surface area contributed by atoms with Crippen molar-refractivity contribution in [3.8, 4) is 22.3 Å². The molecule has 9 aromatic carbocycles. The second kappa shape index (κ2) is 12.1. The Labute approximate surface area is 329 Å². The minimum Gasteiger partial charge on any atom is -0.454 e. The fraction of sp³-hybridized carbons (Fsp3) is 0.0189. The van der Waals surface area contributed by atoms with E-state index in [9.17, 15) is 0 Å². The molecule has 1 spiro atoms. The molecule has 1 aliphatic heterocycles. The van der Waals surface area contributed by atoms with Crippen molar-refractivity contribution in [2.45, 2.75) is 15.2 Å². The molecule has 0 amide bonds. The van der Waals surface area contributed by atoms with Gasteiger partial charge in [-0.05, 0) is 104 Å². The first kappa shape index (κ1) is 31.5. The second-order valence-corrected chi connectivity index (χ2v) is 15.8. The summed E-state index contributed by atoms with van der Waals surface area (Å²) >= 11 is 1.91. The second-order valence-electron chi connectivity index (χ2n) is 14.8. The number of rotatable bonds is 4. The van der Waals surface area contributed by atoms with E-state index in [1.54, 1.807) is 0 Å². The third-order valence-electron chi connectivity index (χ3n) is 11.9. The van der Waals surface area contributed by atoms with Crippen LogP contribution in [0, 0.1) is 0 Å². The van der Waals surface area contributed by atoms with E-state index in [2.05, 4.69) is 193 Å². The normalized spacial score (nSPS) is 13.4. The molecule has 56 heavy (non-hydrogen) atoms. The van der Waals surface area contributed by atoms with Crippen LogP contribution in [-0.4, -0.2) is 0 Å². The monoisotopic (exact) mass is 731 g/mol. The highest BCUT2D eigenvalue weighted by Crippen LogP contribution is 2.63. The zero-order chi connectivity index (χ0) is 36.8. The molecule has 0 N–H and O–H groups in total. The lowest BCUT2D eigenvalue weighted by Crippen LogP contribution is -2.32. The predicted octanol–water partition coefficient (Wildman–Crippen LogP) is 14.7. The van der Waals surface area contributed by atoms with Gasteiger partial charge in [0.2, 0.25) is 0 Å². The number of hydrogen-bond acceptors (Lipinski definition) is 3. The van der Waals surface area contributed by atoms with Gasteiger partial charge in [-0.2, -0.15) is 0 Å². The van der Waals surface area contributed by atoms with Gasteiger partial charge in [-0.1, -0.05) is 163 Å². The van der Waals surface area contributed by atoms with Crippen molar-refractivity contribution in [2.24, 2.45) is 0 Å². The Hall–Kier alpha value is -6.81. The van der Waals surface area contributed by atoms with E-state index in [4.69, 9.17) is 4.42 Å². The van der Waals surface area contributed by atoms with Gasteiger partial charge < -0.3 is 9.32 Å². The summed E-state index contributed by atoms with van der Waals surface area (Å²) < 4.78 is 6.57. The Morgan fingerprint density at radius 1 is 0.429 bits per heavy atom. The predicted molar refractivity (Wildman–Crippen MR) is 233 cm³/mol. The van der Waals surface area contributed by atoms with Crippen LogP contribution in [0.3, 0.4) is 0 Å². The van der Waals surface area contributed by atoms with Crippen LogP contribution in [0.25, 0.3) is 55.0 Å². The highest BCUT2D eigenvalue weighted by molar-refractivity contribution is 7.99. The molecule has 2 aliphatic rings.